The van der Waals surface area contributed by atoms with Gasteiger partial charge >= 0.3 is 0 Å². The molecule has 0 spiro atoms. The van der Waals surface area contributed by atoms with Crippen molar-refractivity contribution in [3.8, 4) is 17.2 Å². The SMILES string of the molecule is C=C(C)C1CCC(C)=CC1c1c(O)cc(/C=C/CCC)c(O)c1O. The van der Waals surface area contributed by atoms with Crippen LogP contribution < -0.4 is 0 Å². The fourth-order valence-corrected chi connectivity index (χ4v) is 3.42. The molecule has 0 saturated heterocycles. The Hall–Kier alpha value is -2.16. The summed E-state index contributed by atoms with van der Waals surface area (Å²) in [5.74, 6) is -0.411. The van der Waals surface area contributed by atoms with E-state index in [4.69, 9.17) is 0 Å². The molecule has 1 aliphatic rings. The molecule has 3 nitrogen and oxygen atoms in total. The zero-order chi connectivity index (χ0) is 17.9. The van der Waals surface area contributed by atoms with Crippen LogP contribution in [-0.4, -0.2) is 15.3 Å². The number of phenolic OH excluding ortho intramolecular Hbond substituents is 3. The molecule has 130 valence electrons. The summed E-state index contributed by atoms with van der Waals surface area (Å²) in [6.45, 7) is 10.2. The van der Waals surface area contributed by atoms with Gasteiger partial charge in [-0.2, -0.15) is 0 Å². The maximum atomic E-state index is 10.6. The number of allylic oxidation sites excluding steroid dienone is 4. The normalized spacial score (nSPS) is 21.0. The molecule has 2 atom stereocenters. The first kappa shape index (κ1) is 18.2. The lowest BCUT2D eigenvalue weighted by atomic mass is 9.73. The number of unbranched alkanes of at least 4 members (excludes halogenated alkanes) is 1. The summed E-state index contributed by atoms with van der Waals surface area (Å²) in [6.07, 6.45) is 9.53. The molecule has 0 saturated carbocycles. The van der Waals surface area contributed by atoms with E-state index in [0.29, 0.717) is 11.1 Å². The van der Waals surface area contributed by atoms with Gasteiger partial charge < -0.3 is 15.3 Å². The minimum atomic E-state index is -0.228. The molecule has 0 aromatic heterocycles. The molecule has 3 N–H and O–H groups in total. The van der Waals surface area contributed by atoms with E-state index in [9.17, 15) is 15.3 Å². The zero-order valence-electron chi connectivity index (χ0n) is 14.8. The molecule has 0 bridgehead atoms. The summed E-state index contributed by atoms with van der Waals surface area (Å²) in [5.41, 5.74) is 3.08. The van der Waals surface area contributed by atoms with Crippen molar-refractivity contribution < 1.29 is 15.3 Å². The topological polar surface area (TPSA) is 60.7 Å². The molecule has 1 aliphatic carbocycles. The monoisotopic (exact) mass is 328 g/mol. The summed E-state index contributed by atoms with van der Waals surface area (Å²) in [6, 6.07) is 1.53. The van der Waals surface area contributed by atoms with Crippen molar-refractivity contribution in [2.24, 2.45) is 5.92 Å². The van der Waals surface area contributed by atoms with Crippen molar-refractivity contribution >= 4 is 6.08 Å². The fourth-order valence-electron chi connectivity index (χ4n) is 3.42. The number of aromatic hydroxyl groups is 3. The summed E-state index contributed by atoms with van der Waals surface area (Å²) in [7, 11) is 0. The van der Waals surface area contributed by atoms with Crippen molar-refractivity contribution in [2.75, 3.05) is 0 Å². The highest BCUT2D eigenvalue weighted by atomic mass is 16.3. The molecule has 1 aromatic carbocycles. The standard InChI is InChI=1S/C21H28O3/c1-5-6-7-8-15-12-18(22)19(21(24)20(15)23)17-11-14(4)9-10-16(17)13(2)3/h7-8,11-12,16-17,22-24H,2,5-6,9-10H2,1,3-4H3/b8-7+. The van der Waals surface area contributed by atoms with E-state index in [1.807, 2.05) is 13.0 Å². The van der Waals surface area contributed by atoms with Crippen LogP contribution in [0.2, 0.25) is 0 Å². The maximum Gasteiger partial charge on any atom is 0.165 e. The quantitative estimate of drug-likeness (QED) is 0.373. The van der Waals surface area contributed by atoms with E-state index in [1.165, 1.54) is 11.6 Å². The molecular weight excluding hydrogens is 300 g/mol. The molecule has 1 aromatic rings. The number of hydrogen-bond acceptors (Lipinski definition) is 3. The summed E-state index contributed by atoms with van der Waals surface area (Å²) >= 11 is 0. The van der Waals surface area contributed by atoms with Gasteiger partial charge in [-0.1, -0.05) is 49.3 Å². The van der Waals surface area contributed by atoms with Gasteiger partial charge in [0.25, 0.3) is 0 Å². The molecule has 2 unspecified atom stereocenters. The second-order valence-corrected chi connectivity index (χ2v) is 6.82. The molecule has 24 heavy (non-hydrogen) atoms. The zero-order valence-corrected chi connectivity index (χ0v) is 14.8. The van der Waals surface area contributed by atoms with Crippen LogP contribution in [0.3, 0.4) is 0 Å². The minimum absolute atomic E-state index is 0.0173. The molecule has 0 radical (unpaired) electrons. The summed E-state index contributed by atoms with van der Waals surface area (Å²) in [4.78, 5) is 0. The molecule has 2 rings (SSSR count). The Morgan fingerprint density at radius 1 is 1.29 bits per heavy atom. The van der Waals surface area contributed by atoms with Crippen molar-refractivity contribution in [3.63, 3.8) is 0 Å². The highest BCUT2D eigenvalue weighted by molar-refractivity contribution is 5.68. The van der Waals surface area contributed by atoms with Crippen LogP contribution in [0.5, 0.6) is 17.2 Å². The predicted octanol–water partition coefficient (Wildman–Crippen LogP) is 5.63. The summed E-state index contributed by atoms with van der Waals surface area (Å²) in [5, 5.41) is 31.4. The average Bonchev–Trinajstić information content (AvgIpc) is 2.52. The van der Waals surface area contributed by atoms with E-state index >= 15 is 0 Å². The van der Waals surface area contributed by atoms with E-state index in [-0.39, 0.29) is 29.1 Å². The van der Waals surface area contributed by atoms with Crippen LogP contribution in [0.1, 0.15) is 63.5 Å². The molecule has 0 aliphatic heterocycles. The Bertz CT molecular complexity index is 683. The lowest BCUT2D eigenvalue weighted by Crippen LogP contribution is -2.17. The lowest BCUT2D eigenvalue weighted by molar-refractivity contribution is 0.374. The average molecular weight is 328 g/mol. The van der Waals surface area contributed by atoms with Crippen molar-refractivity contribution in [3.05, 3.63) is 47.1 Å². The van der Waals surface area contributed by atoms with Gasteiger partial charge in [-0.25, -0.2) is 0 Å². The number of phenols is 3. The van der Waals surface area contributed by atoms with E-state index in [2.05, 4.69) is 26.5 Å². The van der Waals surface area contributed by atoms with Gasteiger partial charge in [0.1, 0.15) is 5.75 Å². The molecule has 3 heteroatoms. The Labute approximate surface area is 144 Å². The Kier molecular flexibility index (Phi) is 5.76. The van der Waals surface area contributed by atoms with Crippen LogP contribution in [0.15, 0.2) is 35.9 Å². The predicted molar refractivity (Wildman–Crippen MR) is 99.4 cm³/mol. The highest BCUT2D eigenvalue weighted by Crippen LogP contribution is 2.49. The maximum absolute atomic E-state index is 10.6. The summed E-state index contributed by atoms with van der Waals surface area (Å²) < 4.78 is 0. The Morgan fingerprint density at radius 3 is 2.62 bits per heavy atom. The van der Waals surface area contributed by atoms with Gasteiger partial charge in [-0.3, -0.25) is 0 Å². The number of benzene rings is 1. The largest absolute Gasteiger partial charge is 0.507 e. The second-order valence-electron chi connectivity index (χ2n) is 6.82. The minimum Gasteiger partial charge on any atom is -0.507 e. The van der Waals surface area contributed by atoms with Gasteiger partial charge in [-0.15, -0.1) is 0 Å². The first-order valence-electron chi connectivity index (χ1n) is 8.63. The van der Waals surface area contributed by atoms with Crippen LogP contribution in [0, 0.1) is 5.92 Å². The lowest BCUT2D eigenvalue weighted by Gasteiger charge is -2.31. The Balaban J connectivity index is 2.52. The number of hydrogen-bond donors (Lipinski definition) is 3. The van der Waals surface area contributed by atoms with Crippen LogP contribution >= 0.6 is 0 Å². The van der Waals surface area contributed by atoms with E-state index < -0.39 is 0 Å². The third-order valence-electron chi connectivity index (χ3n) is 4.79. The third kappa shape index (κ3) is 3.66. The van der Waals surface area contributed by atoms with Crippen LogP contribution in [-0.2, 0) is 0 Å². The van der Waals surface area contributed by atoms with Crippen molar-refractivity contribution in [2.45, 2.75) is 52.4 Å². The van der Waals surface area contributed by atoms with Gasteiger partial charge in [0.15, 0.2) is 11.5 Å². The molecule has 0 fully saturated rings. The van der Waals surface area contributed by atoms with Gasteiger partial charge in [0.05, 0.1) is 0 Å². The molecular formula is C21H28O3. The van der Waals surface area contributed by atoms with E-state index in [1.54, 1.807) is 6.08 Å². The second kappa shape index (κ2) is 7.61. The van der Waals surface area contributed by atoms with Gasteiger partial charge in [0.2, 0.25) is 0 Å². The van der Waals surface area contributed by atoms with Gasteiger partial charge in [0, 0.05) is 17.0 Å². The fraction of sp³-hybridized carbons (Fsp3) is 0.429. The van der Waals surface area contributed by atoms with E-state index in [0.717, 1.165) is 31.3 Å². The van der Waals surface area contributed by atoms with Crippen molar-refractivity contribution in [1.29, 1.82) is 0 Å². The molecule has 0 amide bonds. The van der Waals surface area contributed by atoms with Crippen LogP contribution in [0.25, 0.3) is 6.08 Å². The highest BCUT2D eigenvalue weighted by Gasteiger charge is 2.31. The first-order valence-corrected chi connectivity index (χ1v) is 8.63. The smallest absolute Gasteiger partial charge is 0.165 e. The number of rotatable bonds is 5. The van der Waals surface area contributed by atoms with Crippen molar-refractivity contribution in [1.82, 2.24) is 0 Å². The third-order valence-corrected chi connectivity index (χ3v) is 4.79. The van der Waals surface area contributed by atoms with Gasteiger partial charge in [-0.05, 0) is 45.1 Å². The van der Waals surface area contributed by atoms with Crippen LogP contribution in [0.4, 0.5) is 0 Å². The molecule has 0 heterocycles. The Morgan fingerprint density at radius 2 is 2.00 bits per heavy atom. The first-order chi connectivity index (χ1) is 11.4.